The molecule has 0 radical (unpaired) electrons. The number of aliphatic hydroxyl groups is 5. The van der Waals surface area contributed by atoms with E-state index < -0.39 is 81.1 Å². The molecule has 16 nitrogen and oxygen atoms in total. The maximum Gasteiger partial charge on any atom is 0.317 e. The van der Waals surface area contributed by atoms with Crippen molar-refractivity contribution in [2.75, 3.05) is 45.9 Å². The quantitative estimate of drug-likeness (QED) is 0.0947. The molecule has 0 aromatic rings. The van der Waals surface area contributed by atoms with Crippen LogP contribution in [0.1, 0.15) is 0 Å². The maximum absolute atomic E-state index is 10.6. The van der Waals surface area contributed by atoms with Gasteiger partial charge in [-0.2, -0.15) is 0 Å². The van der Waals surface area contributed by atoms with Crippen molar-refractivity contribution in [3.05, 3.63) is 0 Å². The van der Waals surface area contributed by atoms with Gasteiger partial charge in [-0.15, -0.1) is 0 Å². The number of carbonyl (C=O) groups excluding carboxylic acids is 1. The molecule has 0 aliphatic rings. The van der Waals surface area contributed by atoms with Gasteiger partial charge in [0.15, 0.2) is 6.29 Å². The van der Waals surface area contributed by atoms with Crippen LogP contribution in [0.25, 0.3) is 0 Å². The van der Waals surface area contributed by atoms with Crippen molar-refractivity contribution in [1.29, 1.82) is 0 Å². The first kappa shape index (κ1) is 31.5. The van der Waals surface area contributed by atoms with E-state index in [-0.39, 0.29) is 19.4 Å². The van der Waals surface area contributed by atoms with Crippen LogP contribution in [0.4, 0.5) is 0 Å². The Kier molecular flexibility index (Phi) is 16.6. The summed E-state index contributed by atoms with van der Waals surface area (Å²) < 4.78 is 0. The number of carboxylic acids is 4. The summed E-state index contributed by atoms with van der Waals surface area (Å²) in [5.41, 5.74) is 0. The molecule has 0 bridgehead atoms. The highest BCUT2D eigenvalue weighted by atomic mass is 16.4. The van der Waals surface area contributed by atoms with Gasteiger partial charge in [0, 0.05) is 13.1 Å². The van der Waals surface area contributed by atoms with Crippen LogP contribution < -0.4 is 0 Å². The van der Waals surface area contributed by atoms with Crippen LogP contribution in [0.5, 0.6) is 0 Å². The van der Waals surface area contributed by atoms with Gasteiger partial charge in [0.05, 0.1) is 32.8 Å². The van der Waals surface area contributed by atoms with Gasteiger partial charge in [-0.1, -0.05) is 0 Å². The van der Waals surface area contributed by atoms with Crippen molar-refractivity contribution in [2.45, 2.75) is 24.4 Å². The number of aliphatic carboxylic acids is 4. The normalized spacial score (nSPS) is 14.6. The second-order valence-corrected chi connectivity index (χ2v) is 6.35. The molecule has 0 spiro atoms. The van der Waals surface area contributed by atoms with E-state index in [0.717, 1.165) is 9.80 Å². The number of aliphatic hydroxyl groups excluding tert-OH is 5. The summed E-state index contributed by atoms with van der Waals surface area (Å²) in [6, 6.07) is 0. The average molecular weight is 472 g/mol. The predicted molar refractivity (Wildman–Crippen MR) is 101 cm³/mol. The molecule has 0 heterocycles. The van der Waals surface area contributed by atoms with Gasteiger partial charge in [0.2, 0.25) is 0 Å². The fraction of sp³-hybridized carbons (Fsp3) is 0.688. The Balaban J connectivity index is 0. The molecular formula is C16H28N2O14. The lowest BCUT2D eigenvalue weighted by Gasteiger charge is -2.23. The lowest BCUT2D eigenvalue weighted by molar-refractivity contribution is -0.145. The highest BCUT2D eigenvalue weighted by molar-refractivity contribution is 5.73. The van der Waals surface area contributed by atoms with E-state index in [0.29, 0.717) is 0 Å². The fourth-order valence-electron chi connectivity index (χ4n) is 2.09. The molecule has 32 heavy (non-hydrogen) atoms. The molecule has 0 aromatic carbocycles. The largest absolute Gasteiger partial charge is 0.480 e. The second kappa shape index (κ2) is 16.9. The SMILES string of the molecule is O=C(O)CN(CCN(CC(=O)O)CC(=O)O)CC(=O)O.O=C[C@H](O)[C@@H](O)[C@H](O)[C@H](O)CO. The molecule has 16 heteroatoms. The third-order valence-electron chi connectivity index (χ3n) is 3.59. The molecule has 0 saturated carbocycles. The predicted octanol–water partition coefficient (Wildman–Crippen LogP) is -5.45. The van der Waals surface area contributed by atoms with Gasteiger partial charge < -0.3 is 50.8 Å². The minimum atomic E-state index is -1.79. The maximum atomic E-state index is 10.6. The molecule has 0 rings (SSSR count). The Bertz CT molecular complexity index is 548. The van der Waals surface area contributed by atoms with Crippen LogP contribution in [-0.4, -0.2) is 156 Å². The molecule has 0 aliphatic carbocycles. The number of hydrogen-bond donors (Lipinski definition) is 9. The van der Waals surface area contributed by atoms with Crippen molar-refractivity contribution in [3.63, 3.8) is 0 Å². The summed E-state index contributed by atoms with van der Waals surface area (Å²) in [6.07, 6.45) is -6.84. The minimum Gasteiger partial charge on any atom is -0.480 e. The van der Waals surface area contributed by atoms with Crippen molar-refractivity contribution in [2.24, 2.45) is 0 Å². The molecule has 0 aromatic heterocycles. The fourth-order valence-corrected chi connectivity index (χ4v) is 2.09. The Labute approximate surface area is 181 Å². The molecule has 186 valence electrons. The molecule has 0 saturated heterocycles. The Morgan fingerprint density at radius 2 is 0.969 bits per heavy atom. The zero-order chi connectivity index (χ0) is 25.4. The number of carboxylic acid groups (broad SMARTS) is 4. The van der Waals surface area contributed by atoms with Gasteiger partial charge in [0.1, 0.15) is 24.4 Å². The van der Waals surface area contributed by atoms with Crippen LogP contribution in [0, 0.1) is 0 Å². The van der Waals surface area contributed by atoms with E-state index in [1.165, 1.54) is 0 Å². The van der Waals surface area contributed by atoms with Gasteiger partial charge in [-0.05, 0) is 0 Å². The van der Waals surface area contributed by atoms with Crippen LogP contribution >= 0.6 is 0 Å². The molecule has 0 fully saturated rings. The van der Waals surface area contributed by atoms with Gasteiger partial charge in [0.25, 0.3) is 0 Å². The van der Waals surface area contributed by atoms with Crippen molar-refractivity contribution >= 4 is 30.2 Å². The lowest BCUT2D eigenvalue weighted by Crippen LogP contribution is -2.46. The smallest absolute Gasteiger partial charge is 0.317 e. The molecule has 0 amide bonds. The van der Waals surface area contributed by atoms with E-state index in [2.05, 4.69) is 0 Å². The Hall–Kier alpha value is -2.73. The average Bonchev–Trinajstić information content (AvgIpc) is 2.68. The summed E-state index contributed by atoms with van der Waals surface area (Å²) in [5, 5.41) is 78.0. The van der Waals surface area contributed by atoms with E-state index in [1.807, 2.05) is 0 Å². The van der Waals surface area contributed by atoms with Crippen molar-refractivity contribution < 1.29 is 69.9 Å². The van der Waals surface area contributed by atoms with E-state index in [4.69, 9.17) is 46.0 Å². The lowest BCUT2D eigenvalue weighted by atomic mass is 10.0. The van der Waals surface area contributed by atoms with Gasteiger partial charge in [-0.3, -0.25) is 29.0 Å². The first-order valence-electron chi connectivity index (χ1n) is 8.85. The monoisotopic (exact) mass is 472 g/mol. The highest BCUT2D eigenvalue weighted by Crippen LogP contribution is 2.03. The topological polar surface area (TPSA) is 274 Å². The molecular weight excluding hydrogens is 444 g/mol. The summed E-state index contributed by atoms with van der Waals surface area (Å²) in [5.74, 6) is -4.91. The Morgan fingerprint density at radius 3 is 1.19 bits per heavy atom. The summed E-state index contributed by atoms with van der Waals surface area (Å²) >= 11 is 0. The second-order valence-electron chi connectivity index (χ2n) is 6.35. The summed E-state index contributed by atoms with van der Waals surface area (Å²) in [7, 11) is 0. The van der Waals surface area contributed by atoms with Gasteiger partial charge in [-0.25, -0.2) is 0 Å². The first-order chi connectivity index (χ1) is 14.7. The summed E-state index contributed by atoms with van der Waals surface area (Å²) in [6.45, 7) is -3.01. The third-order valence-corrected chi connectivity index (χ3v) is 3.59. The number of carbonyl (C=O) groups is 5. The summed E-state index contributed by atoms with van der Waals surface area (Å²) in [4.78, 5) is 54.3. The van der Waals surface area contributed by atoms with E-state index in [1.54, 1.807) is 0 Å². The van der Waals surface area contributed by atoms with Crippen LogP contribution in [0.3, 0.4) is 0 Å². The van der Waals surface area contributed by atoms with Crippen molar-refractivity contribution in [1.82, 2.24) is 9.80 Å². The zero-order valence-electron chi connectivity index (χ0n) is 16.8. The van der Waals surface area contributed by atoms with Gasteiger partial charge >= 0.3 is 23.9 Å². The first-order valence-corrected chi connectivity index (χ1v) is 8.85. The Morgan fingerprint density at radius 1 is 0.656 bits per heavy atom. The zero-order valence-corrected chi connectivity index (χ0v) is 16.8. The molecule has 4 atom stereocenters. The number of aldehydes is 1. The highest BCUT2D eigenvalue weighted by Gasteiger charge is 2.29. The van der Waals surface area contributed by atoms with E-state index >= 15 is 0 Å². The number of rotatable bonds is 16. The van der Waals surface area contributed by atoms with Crippen LogP contribution in [0.2, 0.25) is 0 Å². The van der Waals surface area contributed by atoms with Crippen LogP contribution in [-0.2, 0) is 24.0 Å². The molecule has 9 N–H and O–H groups in total. The van der Waals surface area contributed by atoms with Crippen molar-refractivity contribution in [3.8, 4) is 0 Å². The van der Waals surface area contributed by atoms with Crippen LogP contribution in [0.15, 0.2) is 0 Å². The molecule has 0 aliphatic heterocycles. The van der Waals surface area contributed by atoms with E-state index in [9.17, 15) is 24.0 Å². The standard InChI is InChI=1S/C10H16N2O8.C6H12O6/c13-7(14)3-11(4-8(15)16)1-2-12(5-9(17)18)6-10(19)20;7-1-3(9)5(11)6(12)4(10)2-8/h1-6H2,(H,13,14)(H,15,16)(H,17,18)(H,19,20);1,3-6,8-12H,2H2/t;3-,4+,5+,6+/m.0/s1. The third kappa shape index (κ3) is 16.0. The number of nitrogens with zero attached hydrogens (tertiary/aromatic N) is 2. The number of hydrogen-bond acceptors (Lipinski definition) is 12. The minimum absolute atomic E-state index is 0.0258. The molecule has 0 unspecified atom stereocenters.